The number of hydrogen-bond donors (Lipinski definition) is 2. The van der Waals surface area contributed by atoms with Gasteiger partial charge in [0, 0.05) is 7.05 Å². The van der Waals surface area contributed by atoms with E-state index in [1.807, 2.05) is 27.0 Å². The topological polar surface area (TPSA) is 82.2 Å². The van der Waals surface area contributed by atoms with E-state index in [1.165, 1.54) is 0 Å². The van der Waals surface area contributed by atoms with Crippen LogP contribution in [0.3, 0.4) is 0 Å². The van der Waals surface area contributed by atoms with E-state index in [1.54, 1.807) is 22.9 Å². The van der Waals surface area contributed by atoms with Gasteiger partial charge in [-0.3, -0.25) is 9.48 Å². The molecule has 6 nitrogen and oxygen atoms in total. The second-order valence-corrected chi connectivity index (χ2v) is 4.54. The van der Waals surface area contributed by atoms with Gasteiger partial charge in [-0.1, -0.05) is 12.1 Å². The third-order valence-electron chi connectivity index (χ3n) is 3.05. The Morgan fingerprint density at radius 3 is 2.70 bits per heavy atom. The highest BCUT2D eigenvalue weighted by molar-refractivity contribution is 5.93. The maximum atomic E-state index is 11.9. The Labute approximate surface area is 117 Å². The van der Waals surface area contributed by atoms with Crippen molar-refractivity contribution in [2.75, 3.05) is 17.7 Å². The molecule has 3 N–H and O–H groups in total. The molecular formula is C14H18N4O2. The first-order chi connectivity index (χ1) is 9.49. The zero-order valence-corrected chi connectivity index (χ0v) is 11.8. The molecule has 0 aliphatic rings. The summed E-state index contributed by atoms with van der Waals surface area (Å²) >= 11 is 0. The Balaban J connectivity index is 1.98. The minimum absolute atomic E-state index is 0.0953. The molecule has 2 rings (SSSR count). The number of nitrogen functional groups attached to an aromatic ring is 1. The summed E-state index contributed by atoms with van der Waals surface area (Å²) < 4.78 is 7.12. The molecule has 2 aromatic rings. The van der Waals surface area contributed by atoms with Crippen molar-refractivity contribution in [1.82, 2.24) is 9.78 Å². The van der Waals surface area contributed by atoms with Crippen molar-refractivity contribution >= 4 is 17.3 Å². The van der Waals surface area contributed by atoms with Gasteiger partial charge >= 0.3 is 0 Å². The molecule has 6 heteroatoms. The summed E-state index contributed by atoms with van der Waals surface area (Å²) in [5, 5.41) is 7.04. The highest BCUT2D eigenvalue weighted by Gasteiger charge is 2.13. The first-order valence-corrected chi connectivity index (χ1v) is 6.26. The number of carbonyl (C=O) groups is 1. The molecule has 1 aromatic carbocycles. The fourth-order valence-electron chi connectivity index (χ4n) is 1.89. The first-order valence-electron chi connectivity index (χ1n) is 6.26. The first kappa shape index (κ1) is 13.9. The Kier molecular flexibility index (Phi) is 3.93. The summed E-state index contributed by atoms with van der Waals surface area (Å²) in [6, 6.07) is 7.06. The van der Waals surface area contributed by atoms with Crippen LogP contribution >= 0.6 is 0 Å². The van der Waals surface area contributed by atoms with Gasteiger partial charge in [0.05, 0.1) is 22.8 Å². The van der Waals surface area contributed by atoms with Crippen LogP contribution in [0.4, 0.5) is 11.4 Å². The van der Waals surface area contributed by atoms with E-state index in [2.05, 4.69) is 10.4 Å². The Morgan fingerprint density at radius 2 is 2.10 bits per heavy atom. The summed E-state index contributed by atoms with van der Waals surface area (Å²) in [6.07, 6.45) is 0. The van der Waals surface area contributed by atoms with Crippen molar-refractivity contribution in [3.05, 3.63) is 35.7 Å². The van der Waals surface area contributed by atoms with Crippen molar-refractivity contribution in [3.63, 3.8) is 0 Å². The van der Waals surface area contributed by atoms with Crippen LogP contribution < -0.4 is 15.8 Å². The number of anilines is 2. The third-order valence-corrected chi connectivity index (χ3v) is 3.05. The number of benzene rings is 1. The summed E-state index contributed by atoms with van der Waals surface area (Å²) in [7, 11) is 1.83. The number of aryl methyl sites for hydroxylation is 2. The molecule has 1 aromatic heterocycles. The van der Waals surface area contributed by atoms with Crippen LogP contribution in [-0.4, -0.2) is 22.3 Å². The van der Waals surface area contributed by atoms with Crippen LogP contribution in [0.1, 0.15) is 11.4 Å². The maximum Gasteiger partial charge on any atom is 0.262 e. The predicted octanol–water partition coefficient (Wildman–Crippen LogP) is 1.64. The van der Waals surface area contributed by atoms with E-state index < -0.39 is 0 Å². The highest BCUT2D eigenvalue weighted by atomic mass is 16.5. The zero-order chi connectivity index (χ0) is 14.7. The van der Waals surface area contributed by atoms with Gasteiger partial charge in [-0.2, -0.15) is 5.10 Å². The standard InChI is InChI=1S/C14H18N4O2/c1-9-14(10(2)18(3)17-9)16-13(19)8-20-12-7-5-4-6-11(12)15/h4-7H,8,15H2,1-3H3,(H,16,19). The number of ether oxygens (including phenoxy) is 1. The third kappa shape index (κ3) is 2.90. The zero-order valence-electron chi connectivity index (χ0n) is 11.8. The molecule has 1 heterocycles. The van der Waals surface area contributed by atoms with E-state index in [9.17, 15) is 4.79 Å². The summed E-state index contributed by atoms with van der Waals surface area (Å²) in [4.78, 5) is 11.9. The van der Waals surface area contributed by atoms with E-state index in [4.69, 9.17) is 10.5 Å². The lowest BCUT2D eigenvalue weighted by atomic mass is 10.3. The number of aromatic nitrogens is 2. The number of nitrogens with zero attached hydrogens (tertiary/aromatic N) is 2. The summed E-state index contributed by atoms with van der Waals surface area (Å²) in [5.41, 5.74) is 8.65. The van der Waals surface area contributed by atoms with Gasteiger partial charge in [0.2, 0.25) is 0 Å². The molecule has 0 unspecified atom stereocenters. The normalized spacial score (nSPS) is 10.3. The minimum atomic E-state index is -0.243. The molecule has 0 saturated carbocycles. The van der Waals surface area contributed by atoms with Crippen LogP contribution in [0.25, 0.3) is 0 Å². The minimum Gasteiger partial charge on any atom is -0.482 e. The van der Waals surface area contributed by atoms with Crippen molar-refractivity contribution in [2.45, 2.75) is 13.8 Å². The Hall–Kier alpha value is -2.50. The smallest absolute Gasteiger partial charge is 0.262 e. The van der Waals surface area contributed by atoms with Gasteiger partial charge in [-0.25, -0.2) is 0 Å². The number of carbonyl (C=O) groups excluding carboxylic acids is 1. The number of amides is 1. The van der Waals surface area contributed by atoms with Crippen LogP contribution in [0.2, 0.25) is 0 Å². The Morgan fingerprint density at radius 1 is 1.40 bits per heavy atom. The predicted molar refractivity (Wildman–Crippen MR) is 77.7 cm³/mol. The number of nitrogens with two attached hydrogens (primary N) is 1. The summed E-state index contributed by atoms with van der Waals surface area (Å²) in [5.74, 6) is 0.259. The number of rotatable bonds is 4. The van der Waals surface area contributed by atoms with Crippen LogP contribution in [0.15, 0.2) is 24.3 Å². The monoisotopic (exact) mass is 274 g/mol. The van der Waals surface area contributed by atoms with Crippen molar-refractivity contribution < 1.29 is 9.53 Å². The lowest BCUT2D eigenvalue weighted by Crippen LogP contribution is -2.21. The molecule has 0 bridgehead atoms. The van der Waals surface area contributed by atoms with Crippen LogP contribution in [0.5, 0.6) is 5.75 Å². The number of hydrogen-bond acceptors (Lipinski definition) is 4. The lowest BCUT2D eigenvalue weighted by molar-refractivity contribution is -0.118. The van der Waals surface area contributed by atoms with Gasteiger partial charge in [0.1, 0.15) is 5.75 Å². The van der Waals surface area contributed by atoms with E-state index in [0.717, 1.165) is 17.1 Å². The average Bonchev–Trinajstić information content (AvgIpc) is 2.64. The molecule has 0 saturated heterocycles. The Bertz CT molecular complexity index is 634. The summed E-state index contributed by atoms with van der Waals surface area (Å²) in [6.45, 7) is 3.65. The number of nitrogens with one attached hydrogen (secondary N) is 1. The fourth-order valence-corrected chi connectivity index (χ4v) is 1.89. The van der Waals surface area contributed by atoms with Gasteiger partial charge in [-0.15, -0.1) is 0 Å². The highest BCUT2D eigenvalue weighted by Crippen LogP contribution is 2.20. The molecule has 0 fully saturated rings. The molecule has 1 amide bonds. The van der Waals surface area contributed by atoms with E-state index >= 15 is 0 Å². The lowest BCUT2D eigenvalue weighted by Gasteiger charge is -2.09. The second kappa shape index (κ2) is 5.64. The van der Waals surface area contributed by atoms with Crippen LogP contribution in [-0.2, 0) is 11.8 Å². The van der Waals surface area contributed by atoms with Gasteiger partial charge in [0.25, 0.3) is 5.91 Å². The fraction of sp³-hybridized carbons (Fsp3) is 0.286. The SMILES string of the molecule is Cc1nn(C)c(C)c1NC(=O)COc1ccccc1N. The second-order valence-electron chi connectivity index (χ2n) is 4.54. The molecule has 0 radical (unpaired) electrons. The van der Waals surface area contributed by atoms with Gasteiger partial charge in [-0.05, 0) is 26.0 Å². The van der Waals surface area contributed by atoms with Gasteiger partial charge in [0.15, 0.2) is 6.61 Å². The number of para-hydroxylation sites is 2. The molecule has 0 aliphatic carbocycles. The van der Waals surface area contributed by atoms with Crippen LogP contribution in [0, 0.1) is 13.8 Å². The van der Waals surface area contributed by atoms with Crippen molar-refractivity contribution in [2.24, 2.45) is 7.05 Å². The van der Waals surface area contributed by atoms with E-state index in [-0.39, 0.29) is 12.5 Å². The molecule has 0 aliphatic heterocycles. The maximum absolute atomic E-state index is 11.9. The molecule has 20 heavy (non-hydrogen) atoms. The molecular weight excluding hydrogens is 256 g/mol. The molecule has 0 atom stereocenters. The van der Waals surface area contributed by atoms with Crippen molar-refractivity contribution in [3.8, 4) is 5.75 Å². The quantitative estimate of drug-likeness (QED) is 0.830. The van der Waals surface area contributed by atoms with Gasteiger partial charge < -0.3 is 15.8 Å². The average molecular weight is 274 g/mol. The van der Waals surface area contributed by atoms with E-state index in [0.29, 0.717) is 11.4 Å². The molecule has 106 valence electrons. The largest absolute Gasteiger partial charge is 0.482 e. The van der Waals surface area contributed by atoms with Crippen molar-refractivity contribution in [1.29, 1.82) is 0 Å². The molecule has 0 spiro atoms.